The molecular weight excluding hydrogens is 236 g/mol. The fourth-order valence-electron chi connectivity index (χ4n) is 1.63. The topological polar surface area (TPSA) is 83.8 Å². The van der Waals surface area contributed by atoms with Crippen LogP contribution in [0.25, 0.3) is 0 Å². The Kier molecular flexibility index (Phi) is 5.17. The molecule has 0 bridgehead atoms. The Labute approximate surface area is 105 Å². The van der Waals surface area contributed by atoms with Crippen molar-refractivity contribution in [3.8, 4) is 5.75 Å². The Balaban J connectivity index is 2.68. The van der Waals surface area contributed by atoms with Gasteiger partial charge in [-0.25, -0.2) is 0 Å². The number of hydrogen-bond donors (Lipinski definition) is 2. The Morgan fingerprint density at radius 2 is 1.83 bits per heavy atom. The van der Waals surface area contributed by atoms with Gasteiger partial charge in [-0.2, -0.15) is 0 Å². The highest BCUT2D eigenvalue weighted by molar-refractivity contribution is 5.78. The lowest BCUT2D eigenvalue weighted by molar-refractivity contribution is -0.148. The molecule has 5 heteroatoms. The first kappa shape index (κ1) is 14.0. The SMILES string of the molecule is CCOc1ccc(CC(CC(=O)O)C(=O)O)cc1. The molecule has 0 fully saturated rings. The number of carboxylic acid groups (broad SMARTS) is 2. The average Bonchev–Trinajstić information content (AvgIpc) is 2.30. The molecule has 0 saturated carbocycles. The summed E-state index contributed by atoms with van der Waals surface area (Å²) < 4.78 is 5.27. The first-order valence-corrected chi connectivity index (χ1v) is 5.69. The van der Waals surface area contributed by atoms with E-state index in [4.69, 9.17) is 14.9 Å². The maximum Gasteiger partial charge on any atom is 0.307 e. The van der Waals surface area contributed by atoms with Gasteiger partial charge in [0.2, 0.25) is 0 Å². The first-order valence-electron chi connectivity index (χ1n) is 5.69. The number of benzene rings is 1. The summed E-state index contributed by atoms with van der Waals surface area (Å²) in [4.78, 5) is 21.5. The lowest BCUT2D eigenvalue weighted by atomic mass is 9.96. The molecule has 0 aliphatic carbocycles. The van der Waals surface area contributed by atoms with Crippen LogP contribution in [0.4, 0.5) is 0 Å². The maximum atomic E-state index is 10.9. The molecule has 1 atom stereocenters. The van der Waals surface area contributed by atoms with Gasteiger partial charge in [-0.3, -0.25) is 9.59 Å². The van der Waals surface area contributed by atoms with E-state index in [2.05, 4.69) is 0 Å². The van der Waals surface area contributed by atoms with E-state index in [1.54, 1.807) is 24.3 Å². The van der Waals surface area contributed by atoms with E-state index >= 15 is 0 Å². The third-order valence-corrected chi connectivity index (χ3v) is 2.49. The molecular formula is C13H16O5. The van der Waals surface area contributed by atoms with Crippen LogP contribution in [0.15, 0.2) is 24.3 Å². The highest BCUT2D eigenvalue weighted by atomic mass is 16.5. The minimum absolute atomic E-state index is 0.202. The van der Waals surface area contributed by atoms with E-state index in [1.165, 1.54) is 0 Å². The molecule has 1 unspecified atom stereocenters. The summed E-state index contributed by atoms with van der Waals surface area (Å²) in [6, 6.07) is 7.00. The van der Waals surface area contributed by atoms with Gasteiger partial charge in [0.25, 0.3) is 0 Å². The van der Waals surface area contributed by atoms with Crippen molar-refractivity contribution in [3.05, 3.63) is 29.8 Å². The molecule has 0 amide bonds. The minimum atomic E-state index is -1.10. The van der Waals surface area contributed by atoms with Crippen LogP contribution in [0.1, 0.15) is 18.9 Å². The van der Waals surface area contributed by atoms with Crippen LogP contribution in [-0.2, 0) is 16.0 Å². The zero-order valence-electron chi connectivity index (χ0n) is 10.1. The Hall–Kier alpha value is -2.04. The van der Waals surface area contributed by atoms with Gasteiger partial charge in [0.1, 0.15) is 5.75 Å². The molecule has 1 aromatic carbocycles. The van der Waals surface area contributed by atoms with Gasteiger partial charge in [-0.05, 0) is 31.0 Å². The highest BCUT2D eigenvalue weighted by Crippen LogP contribution is 2.17. The van der Waals surface area contributed by atoms with Crippen molar-refractivity contribution in [2.45, 2.75) is 19.8 Å². The zero-order valence-corrected chi connectivity index (χ0v) is 10.1. The minimum Gasteiger partial charge on any atom is -0.494 e. The molecule has 2 N–H and O–H groups in total. The average molecular weight is 252 g/mol. The van der Waals surface area contributed by atoms with Crippen LogP contribution in [0.2, 0.25) is 0 Å². The van der Waals surface area contributed by atoms with Crippen LogP contribution >= 0.6 is 0 Å². The summed E-state index contributed by atoms with van der Waals surface area (Å²) >= 11 is 0. The normalized spacial score (nSPS) is 11.8. The molecule has 0 heterocycles. The first-order chi connectivity index (χ1) is 8.52. The molecule has 1 rings (SSSR count). The van der Waals surface area contributed by atoms with Gasteiger partial charge in [0.15, 0.2) is 0 Å². The fraction of sp³-hybridized carbons (Fsp3) is 0.385. The molecule has 0 aliphatic heterocycles. The highest BCUT2D eigenvalue weighted by Gasteiger charge is 2.21. The second kappa shape index (κ2) is 6.64. The summed E-state index contributed by atoms with van der Waals surface area (Å²) in [5, 5.41) is 17.6. The van der Waals surface area contributed by atoms with Gasteiger partial charge in [0, 0.05) is 0 Å². The molecule has 0 aliphatic rings. The smallest absolute Gasteiger partial charge is 0.307 e. The second-order valence-corrected chi connectivity index (χ2v) is 3.91. The molecule has 98 valence electrons. The molecule has 0 spiro atoms. The Morgan fingerprint density at radius 3 is 2.28 bits per heavy atom. The summed E-state index contributed by atoms with van der Waals surface area (Å²) in [6.45, 7) is 2.44. The van der Waals surface area contributed by atoms with Gasteiger partial charge in [0.05, 0.1) is 18.9 Å². The number of ether oxygens (including phenoxy) is 1. The number of rotatable bonds is 7. The quantitative estimate of drug-likeness (QED) is 0.773. The van der Waals surface area contributed by atoms with Crippen molar-refractivity contribution in [1.29, 1.82) is 0 Å². The van der Waals surface area contributed by atoms with E-state index in [0.29, 0.717) is 12.4 Å². The van der Waals surface area contributed by atoms with Crippen molar-refractivity contribution in [2.24, 2.45) is 5.92 Å². The van der Waals surface area contributed by atoms with E-state index in [1.807, 2.05) is 6.92 Å². The van der Waals surface area contributed by atoms with Crippen molar-refractivity contribution in [1.82, 2.24) is 0 Å². The molecule has 0 radical (unpaired) electrons. The van der Waals surface area contributed by atoms with E-state index in [9.17, 15) is 9.59 Å². The van der Waals surface area contributed by atoms with Crippen molar-refractivity contribution in [2.75, 3.05) is 6.61 Å². The zero-order chi connectivity index (χ0) is 13.5. The molecule has 0 aromatic heterocycles. The summed E-state index contributed by atoms with van der Waals surface area (Å²) in [5.41, 5.74) is 0.784. The molecule has 5 nitrogen and oxygen atoms in total. The lowest BCUT2D eigenvalue weighted by Crippen LogP contribution is -2.20. The van der Waals surface area contributed by atoms with Crippen molar-refractivity contribution in [3.63, 3.8) is 0 Å². The van der Waals surface area contributed by atoms with Crippen LogP contribution in [-0.4, -0.2) is 28.8 Å². The number of hydrogen-bond acceptors (Lipinski definition) is 3. The van der Waals surface area contributed by atoms with E-state index in [-0.39, 0.29) is 12.8 Å². The predicted octanol–water partition coefficient (Wildman–Crippen LogP) is 1.80. The maximum absolute atomic E-state index is 10.9. The largest absolute Gasteiger partial charge is 0.494 e. The Bertz CT molecular complexity index is 410. The van der Waals surface area contributed by atoms with Crippen molar-refractivity contribution < 1.29 is 24.5 Å². The lowest BCUT2D eigenvalue weighted by Gasteiger charge is -2.10. The summed E-state index contributed by atoms with van der Waals surface area (Å²) in [5.74, 6) is -2.38. The molecule has 18 heavy (non-hydrogen) atoms. The fourth-order valence-corrected chi connectivity index (χ4v) is 1.63. The van der Waals surface area contributed by atoms with Crippen LogP contribution in [0.3, 0.4) is 0 Å². The number of carbonyl (C=O) groups is 2. The third kappa shape index (κ3) is 4.45. The van der Waals surface area contributed by atoms with Gasteiger partial charge >= 0.3 is 11.9 Å². The summed E-state index contributed by atoms with van der Waals surface area (Å²) in [7, 11) is 0. The second-order valence-electron chi connectivity index (χ2n) is 3.91. The van der Waals surface area contributed by atoms with Gasteiger partial charge in [-0.1, -0.05) is 12.1 Å². The predicted molar refractivity (Wildman–Crippen MR) is 64.7 cm³/mol. The monoisotopic (exact) mass is 252 g/mol. The van der Waals surface area contributed by atoms with Crippen molar-refractivity contribution >= 4 is 11.9 Å². The molecule has 0 saturated heterocycles. The number of aliphatic carboxylic acids is 2. The van der Waals surface area contributed by atoms with Gasteiger partial charge < -0.3 is 14.9 Å². The number of carboxylic acids is 2. The van der Waals surface area contributed by atoms with Crippen LogP contribution in [0, 0.1) is 5.92 Å². The standard InChI is InChI=1S/C13H16O5/c1-2-18-11-5-3-9(4-6-11)7-10(13(16)17)8-12(14)15/h3-6,10H,2,7-8H2,1H3,(H,14,15)(H,16,17). The van der Waals surface area contributed by atoms with Gasteiger partial charge in [-0.15, -0.1) is 0 Å². The van der Waals surface area contributed by atoms with E-state index < -0.39 is 17.9 Å². The third-order valence-electron chi connectivity index (χ3n) is 2.49. The van der Waals surface area contributed by atoms with Crippen LogP contribution < -0.4 is 4.74 Å². The van der Waals surface area contributed by atoms with Crippen LogP contribution in [0.5, 0.6) is 5.75 Å². The Morgan fingerprint density at radius 1 is 1.22 bits per heavy atom. The molecule has 1 aromatic rings. The summed E-state index contributed by atoms with van der Waals surface area (Å²) in [6.07, 6.45) is -0.170. The van der Waals surface area contributed by atoms with E-state index in [0.717, 1.165) is 5.56 Å².